The van der Waals surface area contributed by atoms with Crippen LogP contribution >= 0.6 is 0 Å². The number of amides is 1. The van der Waals surface area contributed by atoms with Crippen LogP contribution in [0, 0.1) is 5.92 Å². The van der Waals surface area contributed by atoms with E-state index in [4.69, 9.17) is 5.73 Å². The summed E-state index contributed by atoms with van der Waals surface area (Å²) in [6.07, 6.45) is 0.920. The van der Waals surface area contributed by atoms with E-state index in [0.717, 1.165) is 29.3 Å². The van der Waals surface area contributed by atoms with E-state index in [2.05, 4.69) is 57.1 Å². The van der Waals surface area contributed by atoms with Gasteiger partial charge in [-0.3, -0.25) is 4.79 Å². The van der Waals surface area contributed by atoms with Gasteiger partial charge in [-0.05, 0) is 48.3 Å². The van der Waals surface area contributed by atoms with Gasteiger partial charge in [0, 0.05) is 6.54 Å². The maximum Gasteiger partial charge on any atom is 0.225 e. The number of carbonyl (C=O) groups is 1. The Labute approximate surface area is 133 Å². The molecule has 0 aliphatic heterocycles. The lowest BCUT2D eigenvalue weighted by molar-refractivity contribution is -0.120. The van der Waals surface area contributed by atoms with Gasteiger partial charge in [0.2, 0.25) is 5.91 Å². The van der Waals surface area contributed by atoms with Gasteiger partial charge in [0.05, 0.1) is 5.92 Å². The van der Waals surface area contributed by atoms with Crippen LogP contribution in [-0.2, 0) is 11.2 Å². The van der Waals surface area contributed by atoms with Gasteiger partial charge in [-0.2, -0.15) is 0 Å². The van der Waals surface area contributed by atoms with Crippen molar-refractivity contribution in [2.45, 2.75) is 26.2 Å². The van der Waals surface area contributed by atoms with Crippen molar-refractivity contribution in [1.29, 1.82) is 0 Å². The summed E-state index contributed by atoms with van der Waals surface area (Å²) in [6.45, 7) is 5.08. The van der Waals surface area contributed by atoms with Gasteiger partial charge in [-0.25, -0.2) is 0 Å². The summed E-state index contributed by atoms with van der Waals surface area (Å²) in [5.74, 6) is -0.304. The number of likely N-dealkylation sites (N-methyl/N-ethyl adjacent to an activating group) is 1. The van der Waals surface area contributed by atoms with Gasteiger partial charge in [-0.15, -0.1) is 0 Å². The standard InChI is InChI=1S/C19H26N2O/c1-13(2)17(19(20)22)18-15(11-12-21(3)4)10-9-14-7-5-6-8-16(14)18/h5-10,13,17H,11-12H2,1-4H3,(H2,20,22). The van der Waals surface area contributed by atoms with E-state index < -0.39 is 0 Å². The third-order valence-corrected chi connectivity index (χ3v) is 4.17. The Hall–Kier alpha value is -1.87. The number of hydrogen-bond acceptors (Lipinski definition) is 2. The Morgan fingerprint density at radius 3 is 2.41 bits per heavy atom. The topological polar surface area (TPSA) is 46.3 Å². The molecule has 0 aromatic heterocycles. The van der Waals surface area contributed by atoms with E-state index in [9.17, 15) is 4.79 Å². The first kappa shape index (κ1) is 16.5. The van der Waals surface area contributed by atoms with Crippen molar-refractivity contribution in [2.75, 3.05) is 20.6 Å². The molecule has 0 fully saturated rings. The number of primary amides is 1. The molecule has 2 rings (SSSR count). The zero-order valence-electron chi connectivity index (χ0n) is 14.0. The van der Waals surface area contributed by atoms with Gasteiger partial charge in [0.1, 0.15) is 0 Å². The highest BCUT2D eigenvalue weighted by atomic mass is 16.1. The van der Waals surface area contributed by atoms with Crippen LogP contribution in [0.2, 0.25) is 0 Å². The molecule has 1 amide bonds. The number of nitrogens with zero attached hydrogens (tertiary/aromatic N) is 1. The molecule has 0 saturated heterocycles. The number of fused-ring (bicyclic) bond motifs is 1. The molecule has 0 radical (unpaired) electrons. The van der Waals surface area contributed by atoms with E-state index in [0.29, 0.717) is 0 Å². The number of nitrogens with two attached hydrogens (primary N) is 1. The lowest BCUT2D eigenvalue weighted by atomic mass is 9.81. The predicted molar refractivity (Wildman–Crippen MR) is 93.0 cm³/mol. The minimum absolute atomic E-state index is 0.182. The van der Waals surface area contributed by atoms with Crippen LogP contribution in [0.4, 0.5) is 0 Å². The fourth-order valence-corrected chi connectivity index (χ4v) is 3.07. The number of carbonyl (C=O) groups excluding carboxylic acids is 1. The quantitative estimate of drug-likeness (QED) is 0.890. The predicted octanol–water partition coefficient (Wildman–Crippen LogP) is 3.17. The van der Waals surface area contributed by atoms with Crippen LogP contribution < -0.4 is 5.73 Å². The first-order valence-electron chi connectivity index (χ1n) is 7.86. The SMILES string of the molecule is CC(C)C(C(N)=O)c1c(CCN(C)C)ccc2ccccc12. The maximum absolute atomic E-state index is 12.1. The second kappa shape index (κ2) is 6.93. The highest BCUT2D eigenvalue weighted by molar-refractivity contribution is 5.93. The molecular weight excluding hydrogens is 272 g/mol. The summed E-state index contributed by atoms with van der Waals surface area (Å²) in [5, 5.41) is 2.31. The summed E-state index contributed by atoms with van der Waals surface area (Å²) in [6, 6.07) is 12.5. The fourth-order valence-electron chi connectivity index (χ4n) is 3.07. The molecule has 0 aliphatic rings. The summed E-state index contributed by atoms with van der Waals surface area (Å²) in [7, 11) is 4.13. The fraction of sp³-hybridized carbons (Fsp3) is 0.421. The van der Waals surface area contributed by atoms with Crippen LogP contribution in [0.1, 0.15) is 30.9 Å². The molecule has 3 heteroatoms. The molecule has 0 heterocycles. The van der Waals surface area contributed by atoms with Crippen molar-refractivity contribution in [2.24, 2.45) is 11.7 Å². The van der Waals surface area contributed by atoms with Crippen molar-refractivity contribution >= 4 is 16.7 Å². The molecule has 2 N–H and O–H groups in total. The molecule has 0 aliphatic carbocycles. The summed E-state index contributed by atoms with van der Waals surface area (Å²) >= 11 is 0. The number of rotatable bonds is 6. The van der Waals surface area contributed by atoms with Crippen molar-refractivity contribution in [3.05, 3.63) is 47.5 Å². The third kappa shape index (κ3) is 3.47. The van der Waals surface area contributed by atoms with Crippen LogP contribution in [0.5, 0.6) is 0 Å². The van der Waals surface area contributed by atoms with E-state index in [-0.39, 0.29) is 17.7 Å². The minimum Gasteiger partial charge on any atom is -0.369 e. The highest BCUT2D eigenvalue weighted by Gasteiger charge is 2.26. The van der Waals surface area contributed by atoms with Crippen LogP contribution in [0.15, 0.2) is 36.4 Å². The first-order chi connectivity index (χ1) is 10.4. The summed E-state index contributed by atoms with van der Waals surface area (Å²) in [4.78, 5) is 14.2. The Balaban J connectivity index is 2.63. The van der Waals surface area contributed by atoms with Gasteiger partial charge in [-0.1, -0.05) is 50.2 Å². The average molecular weight is 298 g/mol. The second-order valence-electron chi connectivity index (χ2n) is 6.54. The van der Waals surface area contributed by atoms with Gasteiger partial charge >= 0.3 is 0 Å². The molecule has 3 nitrogen and oxygen atoms in total. The van der Waals surface area contributed by atoms with Crippen LogP contribution in [0.25, 0.3) is 10.8 Å². The molecule has 0 bridgehead atoms. The third-order valence-electron chi connectivity index (χ3n) is 4.17. The van der Waals surface area contributed by atoms with E-state index in [1.54, 1.807) is 0 Å². The van der Waals surface area contributed by atoms with E-state index in [1.165, 1.54) is 5.56 Å². The molecule has 118 valence electrons. The first-order valence-corrected chi connectivity index (χ1v) is 7.86. The molecule has 1 unspecified atom stereocenters. The van der Waals surface area contributed by atoms with Crippen molar-refractivity contribution < 1.29 is 4.79 Å². The molecule has 2 aromatic rings. The van der Waals surface area contributed by atoms with E-state index >= 15 is 0 Å². The Morgan fingerprint density at radius 1 is 1.14 bits per heavy atom. The van der Waals surface area contributed by atoms with E-state index in [1.807, 2.05) is 12.1 Å². The smallest absolute Gasteiger partial charge is 0.225 e. The van der Waals surface area contributed by atoms with Gasteiger partial charge in [0.25, 0.3) is 0 Å². The molecule has 2 aromatic carbocycles. The van der Waals surface area contributed by atoms with Crippen molar-refractivity contribution in [3.8, 4) is 0 Å². The second-order valence-corrected chi connectivity index (χ2v) is 6.54. The molecular formula is C19H26N2O. The Kier molecular flexibility index (Phi) is 5.19. The maximum atomic E-state index is 12.1. The van der Waals surface area contributed by atoms with Crippen LogP contribution in [-0.4, -0.2) is 31.4 Å². The average Bonchev–Trinajstić information content (AvgIpc) is 2.45. The normalized spacial score (nSPS) is 13.0. The largest absolute Gasteiger partial charge is 0.369 e. The molecule has 0 spiro atoms. The highest BCUT2D eigenvalue weighted by Crippen LogP contribution is 2.34. The van der Waals surface area contributed by atoms with Crippen LogP contribution in [0.3, 0.4) is 0 Å². The molecule has 22 heavy (non-hydrogen) atoms. The lowest BCUT2D eigenvalue weighted by Gasteiger charge is -2.24. The summed E-state index contributed by atoms with van der Waals surface area (Å²) in [5.41, 5.74) is 8.08. The molecule has 0 saturated carbocycles. The zero-order valence-corrected chi connectivity index (χ0v) is 14.0. The zero-order chi connectivity index (χ0) is 16.3. The van der Waals surface area contributed by atoms with Crippen molar-refractivity contribution in [3.63, 3.8) is 0 Å². The van der Waals surface area contributed by atoms with Crippen molar-refractivity contribution in [1.82, 2.24) is 4.90 Å². The van der Waals surface area contributed by atoms with Gasteiger partial charge < -0.3 is 10.6 Å². The lowest BCUT2D eigenvalue weighted by Crippen LogP contribution is -2.27. The minimum atomic E-state index is -0.247. The van der Waals surface area contributed by atoms with Gasteiger partial charge in [0.15, 0.2) is 0 Å². The Morgan fingerprint density at radius 2 is 1.82 bits per heavy atom. The Bertz CT molecular complexity index is 662. The molecule has 1 atom stereocenters. The number of benzene rings is 2. The number of hydrogen-bond donors (Lipinski definition) is 1. The summed E-state index contributed by atoms with van der Waals surface area (Å²) < 4.78 is 0. The monoisotopic (exact) mass is 298 g/mol.